The smallest absolute Gasteiger partial charge is 0.0790 e. The molecule has 82 valence electrons. The first kappa shape index (κ1) is 10.6. The largest absolute Gasteiger partial charge is 0.298 e. The molecule has 15 heavy (non-hydrogen) atoms. The molecule has 0 radical (unpaired) electrons. The van der Waals surface area contributed by atoms with Gasteiger partial charge in [-0.05, 0) is 31.9 Å². The summed E-state index contributed by atoms with van der Waals surface area (Å²) in [6, 6.07) is 6.04. The molecule has 1 N–H and O–H groups in total. The fourth-order valence-corrected chi connectivity index (χ4v) is 1.94. The number of aryl methyl sites for hydroxylation is 1. The molecular weight excluding hydrogens is 188 g/mol. The third kappa shape index (κ3) is 3.29. The van der Waals surface area contributed by atoms with Gasteiger partial charge in [-0.15, -0.1) is 0 Å². The van der Waals surface area contributed by atoms with Crippen molar-refractivity contribution in [3.05, 3.63) is 29.6 Å². The van der Waals surface area contributed by atoms with Gasteiger partial charge in [-0.2, -0.15) is 5.48 Å². The van der Waals surface area contributed by atoms with E-state index in [1.54, 1.807) is 0 Å². The van der Waals surface area contributed by atoms with E-state index >= 15 is 0 Å². The van der Waals surface area contributed by atoms with Crippen LogP contribution in [0.5, 0.6) is 0 Å². The molecule has 3 heteroatoms. The number of pyridine rings is 1. The Morgan fingerprint density at radius 2 is 2.20 bits per heavy atom. The van der Waals surface area contributed by atoms with Crippen molar-refractivity contribution in [2.45, 2.75) is 45.3 Å². The molecule has 1 saturated carbocycles. The Bertz CT molecular complexity index is 308. The Kier molecular flexibility index (Phi) is 3.69. The van der Waals surface area contributed by atoms with Crippen molar-refractivity contribution in [3.8, 4) is 0 Å². The van der Waals surface area contributed by atoms with E-state index in [4.69, 9.17) is 4.84 Å². The van der Waals surface area contributed by atoms with Crippen molar-refractivity contribution in [3.63, 3.8) is 0 Å². The van der Waals surface area contributed by atoms with Gasteiger partial charge in [-0.1, -0.05) is 18.9 Å². The van der Waals surface area contributed by atoms with Crippen LogP contribution < -0.4 is 5.48 Å². The molecule has 0 atom stereocenters. The number of hydrogen-bond donors (Lipinski definition) is 1. The lowest BCUT2D eigenvalue weighted by molar-refractivity contribution is -0.0249. The van der Waals surface area contributed by atoms with E-state index in [0.29, 0.717) is 12.6 Å². The van der Waals surface area contributed by atoms with E-state index < -0.39 is 0 Å². The molecule has 3 nitrogen and oxygen atoms in total. The molecule has 1 fully saturated rings. The molecule has 1 aliphatic rings. The lowest BCUT2D eigenvalue weighted by Crippen LogP contribution is -2.21. The predicted octanol–water partition coefficient (Wildman–Crippen LogP) is 2.35. The minimum Gasteiger partial charge on any atom is -0.298 e. The van der Waals surface area contributed by atoms with Crippen LogP contribution in [0.25, 0.3) is 0 Å². The van der Waals surface area contributed by atoms with Gasteiger partial charge in [0.15, 0.2) is 0 Å². The average Bonchev–Trinajstić information content (AvgIpc) is 2.71. The Morgan fingerprint density at radius 1 is 1.40 bits per heavy atom. The van der Waals surface area contributed by atoms with Gasteiger partial charge in [0, 0.05) is 5.69 Å². The molecule has 2 rings (SSSR count). The van der Waals surface area contributed by atoms with E-state index in [1.165, 1.54) is 25.7 Å². The number of nitrogens with one attached hydrogen (secondary N) is 1. The Morgan fingerprint density at radius 3 is 2.93 bits per heavy atom. The summed E-state index contributed by atoms with van der Waals surface area (Å²) in [4.78, 5) is 9.95. The SMILES string of the molecule is Cc1cccc(CNOC2CCCC2)n1. The maximum Gasteiger partial charge on any atom is 0.0790 e. The molecule has 1 aromatic rings. The van der Waals surface area contributed by atoms with Crippen LogP contribution >= 0.6 is 0 Å². The zero-order valence-corrected chi connectivity index (χ0v) is 9.20. The first-order valence-corrected chi connectivity index (χ1v) is 5.65. The van der Waals surface area contributed by atoms with E-state index in [9.17, 15) is 0 Å². The van der Waals surface area contributed by atoms with Gasteiger partial charge in [0.25, 0.3) is 0 Å². The monoisotopic (exact) mass is 206 g/mol. The maximum absolute atomic E-state index is 5.56. The quantitative estimate of drug-likeness (QED) is 0.768. The lowest BCUT2D eigenvalue weighted by atomic mass is 10.3. The second-order valence-electron chi connectivity index (χ2n) is 4.12. The summed E-state index contributed by atoms with van der Waals surface area (Å²) >= 11 is 0. The van der Waals surface area contributed by atoms with E-state index in [1.807, 2.05) is 25.1 Å². The third-order valence-corrected chi connectivity index (χ3v) is 2.75. The number of hydrogen-bond acceptors (Lipinski definition) is 3. The summed E-state index contributed by atoms with van der Waals surface area (Å²) in [6.45, 7) is 2.69. The number of rotatable bonds is 4. The fraction of sp³-hybridized carbons (Fsp3) is 0.583. The van der Waals surface area contributed by atoms with Crippen molar-refractivity contribution in [2.75, 3.05) is 0 Å². The normalized spacial score (nSPS) is 17.1. The standard InChI is InChI=1S/C12H18N2O/c1-10-5-4-6-11(14-10)9-13-15-12-7-2-3-8-12/h4-6,12-13H,2-3,7-9H2,1H3. The van der Waals surface area contributed by atoms with Crippen molar-refractivity contribution < 1.29 is 4.84 Å². The fourth-order valence-electron chi connectivity index (χ4n) is 1.94. The summed E-state index contributed by atoms with van der Waals surface area (Å²) in [5, 5.41) is 0. The molecular formula is C12H18N2O. The van der Waals surface area contributed by atoms with E-state index in [0.717, 1.165) is 11.4 Å². The number of nitrogens with zero attached hydrogens (tertiary/aromatic N) is 1. The predicted molar refractivity (Wildman–Crippen MR) is 59.2 cm³/mol. The van der Waals surface area contributed by atoms with Gasteiger partial charge >= 0.3 is 0 Å². The summed E-state index contributed by atoms with van der Waals surface area (Å²) in [6.07, 6.45) is 5.39. The highest BCUT2D eigenvalue weighted by molar-refractivity contribution is 5.09. The molecule has 0 bridgehead atoms. The molecule has 0 unspecified atom stereocenters. The van der Waals surface area contributed by atoms with Crippen LogP contribution in [0.2, 0.25) is 0 Å². The maximum atomic E-state index is 5.56. The third-order valence-electron chi connectivity index (χ3n) is 2.75. The van der Waals surface area contributed by atoms with Crippen LogP contribution in [0.15, 0.2) is 18.2 Å². The number of aromatic nitrogens is 1. The van der Waals surface area contributed by atoms with Crippen LogP contribution in [0, 0.1) is 6.92 Å². The zero-order chi connectivity index (χ0) is 10.5. The summed E-state index contributed by atoms with van der Waals surface area (Å²) in [5.74, 6) is 0. The molecule has 0 saturated heterocycles. The topological polar surface area (TPSA) is 34.1 Å². The van der Waals surface area contributed by atoms with Crippen LogP contribution in [0.3, 0.4) is 0 Å². The summed E-state index contributed by atoms with van der Waals surface area (Å²) in [7, 11) is 0. The lowest BCUT2D eigenvalue weighted by Gasteiger charge is -2.11. The van der Waals surface area contributed by atoms with Gasteiger partial charge in [0.1, 0.15) is 0 Å². The van der Waals surface area contributed by atoms with Gasteiger partial charge < -0.3 is 0 Å². The highest BCUT2D eigenvalue weighted by Crippen LogP contribution is 2.19. The van der Waals surface area contributed by atoms with E-state index in [-0.39, 0.29) is 0 Å². The zero-order valence-electron chi connectivity index (χ0n) is 9.20. The summed E-state index contributed by atoms with van der Waals surface area (Å²) in [5.41, 5.74) is 5.09. The van der Waals surface area contributed by atoms with Crippen molar-refractivity contribution in [2.24, 2.45) is 0 Å². The molecule has 1 heterocycles. The Labute approximate surface area is 90.8 Å². The molecule has 0 amide bonds. The van der Waals surface area contributed by atoms with Gasteiger partial charge in [-0.25, -0.2) is 0 Å². The highest BCUT2D eigenvalue weighted by Gasteiger charge is 2.15. The second-order valence-corrected chi connectivity index (χ2v) is 4.12. The molecule has 0 spiro atoms. The van der Waals surface area contributed by atoms with Gasteiger partial charge in [0.2, 0.25) is 0 Å². The van der Waals surface area contributed by atoms with Crippen molar-refractivity contribution >= 4 is 0 Å². The van der Waals surface area contributed by atoms with Gasteiger partial charge in [0.05, 0.1) is 18.3 Å². The van der Waals surface area contributed by atoms with Crippen LogP contribution in [0.1, 0.15) is 37.1 Å². The first-order valence-electron chi connectivity index (χ1n) is 5.65. The van der Waals surface area contributed by atoms with Crippen molar-refractivity contribution in [1.29, 1.82) is 0 Å². The van der Waals surface area contributed by atoms with Crippen LogP contribution in [-0.4, -0.2) is 11.1 Å². The van der Waals surface area contributed by atoms with Crippen LogP contribution in [-0.2, 0) is 11.4 Å². The van der Waals surface area contributed by atoms with Gasteiger partial charge in [-0.3, -0.25) is 9.82 Å². The second kappa shape index (κ2) is 5.24. The van der Waals surface area contributed by atoms with E-state index in [2.05, 4.69) is 10.5 Å². The molecule has 0 aliphatic heterocycles. The van der Waals surface area contributed by atoms with Crippen molar-refractivity contribution in [1.82, 2.24) is 10.5 Å². The molecule has 0 aromatic carbocycles. The number of hydroxylamine groups is 1. The Hall–Kier alpha value is -0.930. The Balaban J connectivity index is 1.73. The minimum absolute atomic E-state index is 0.412. The summed E-state index contributed by atoms with van der Waals surface area (Å²) < 4.78 is 0. The first-order chi connectivity index (χ1) is 7.34. The minimum atomic E-state index is 0.412. The molecule has 1 aliphatic carbocycles. The highest BCUT2D eigenvalue weighted by atomic mass is 16.7. The van der Waals surface area contributed by atoms with Crippen LogP contribution in [0.4, 0.5) is 0 Å². The average molecular weight is 206 g/mol. The molecule has 1 aromatic heterocycles.